The minimum Gasteiger partial charge on any atom is -0.308 e. The van der Waals surface area contributed by atoms with Crippen molar-refractivity contribution in [1.82, 2.24) is 10.3 Å². The summed E-state index contributed by atoms with van der Waals surface area (Å²) in [6.07, 6.45) is -3.60. The molecule has 2 aromatic rings. The maximum Gasteiger partial charge on any atom is 0.443 e. The topological polar surface area (TPSA) is 24.9 Å². The highest BCUT2D eigenvalue weighted by molar-refractivity contribution is 7.11. The highest BCUT2D eigenvalue weighted by Gasteiger charge is 2.36. The Morgan fingerprint density at radius 1 is 1.24 bits per heavy atom. The molecule has 21 heavy (non-hydrogen) atoms. The molecule has 1 heterocycles. The molecule has 1 N–H and O–H groups in total. The van der Waals surface area contributed by atoms with Crippen molar-refractivity contribution in [2.45, 2.75) is 19.1 Å². The molecule has 0 bridgehead atoms. The number of thiazole rings is 1. The lowest BCUT2D eigenvalue weighted by molar-refractivity contribution is -0.137. The molecule has 0 fully saturated rings. The van der Waals surface area contributed by atoms with Crippen molar-refractivity contribution in [3.63, 3.8) is 0 Å². The molecule has 2 rings (SSSR count). The quantitative estimate of drug-likeness (QED) is 0.862. The van der Waals surface area contributed by atoms with Gasteiger partial charge in [-0.1, -0.05) is 6.07 Å². The van der Waals surface area contributed by atoms with Crippen molar-refractivity contribution in [1.29, 1.82) is 0 Å². The lowest BCUT2D eigenvalue weighted by Crippen LogP contribution is -2.20. The molecule has 0 aliphatic rings. The van der Waals surface area contributed by atoms with Crippen LogP contribution in [0.3, 0.4) is 0 Å². The standard InChI is InChI=1S/C13H11F5N2S/c1-6-3-4-7(14)9(10(6)15)11(19-2)8-5-20-12(21-8)13(16,17)18/h3-5,11,19H,1-2H3. The predicted octanol–water partition coefficient (Wildman–Crippen LogP) is 4.06. The van der Waals surface area contributed by atoms with Crippen molar-refractivity contribution < 1.29 is 22.0 Å². The van der Waals surface area contributed by atoms with Crippen LogP contribution in [0.5, 0.6) is 0 Å². The smallest absolute Gasteiger partial charge is 0.308 e. The van der Waals surface area contributed by atoms with Crippen LogP contribution in [-0.4, -0.2) is 12.0 Å². The molecule has 0 amide bonds. The maximum atomic E-state index is 14.1. The minimum absolute atomic E-state index is 0.0909. The fourth-order valence-corrected chi connectivity index (χ4v) is 2.83. The van der Waals surface area contributed by atoms with Gasteiger partial charge in [0.15, 0.2) is 5.01 Å². The molecule has 0 spiro atoms. The van der Waals surface area contributed by atoms with Crippen LogP contribution in [0.1, 0.15) is 27.1 Å². The zero-order chi connectivity index (χ0) is 15.8. The first-order valence-corrected chi connectivity index (χ1v) is 6.72. The normalized spacial score (nSPS) is 13.5. The van der Waals surface area contributed by atoms with E-state index in [4.69, 9.17) is 0 Å². The van der Waals surface area contributed by atoms with Gasteiger partial charge in [0.05, 0.1) is 6.04 Å². The fourth-order valence-electron chi connectivity index (χ4n) is 1.92. The van der Waals surface area contributed by atoms with E-state index in [1.54, 1.807) is 0 Å². The van der Waals surface area contributed by atoms with Gasteiger partial charge in [-0.15, -0.1) is 11.3 Å². The average molecular weight is 322 g/mol. The Morgan fingerprint density at radius 2 is 1.90 bits per heavy atom. The van der Waals surface area contributed by atoms with E-state index in [-0.39, 0.29) is 16.0 Å². The zero-order valence-electron chi connectivity index (χ0n) is 11.1. The predicted molar refractivity (Wildman–Crippen MR) is 69.1 cm³/mol. The molecular weight excluding hydrogens is 311 g/mol. The first-order chi connectivity index (χ1) is 9.75. The zero-order valence-corrected chi connectivity index (χ0v) is 11.9. The lowest BCUT2D eigenvalue weighted by atomic mass is 10.0. The Labute approximate surface area is 121 Å². The number of nitrogens with one attached hydrogen (secondary N) is 1. The van der Waals surface area contributed by atoms with Crippen LogP contribution in [-0.2, 0) is 6.18 Å². The van der Waals surface area contributed by atoms with Crippen molar-refractivity contribution >= 4 is 11.3 Å². The molecule has 2 nitrogen and oxygen atoms in total. The minimum atomic E-state index is -4.58. The number of rotatable bonds is 3. The number of aryl methyl sites for hydroxylation is 1. The van der Waals surface area contributed by atoms with E-state index in [9.17, 15) is 22.0 Å². The van der Waals surface area contributed by atoms with Crippen molar-refractivity contribution in [2.75, 3.05) is 7.05 Å². The Bertz CT molecular complexity index is 650. The highest BCUT2D eigenvalue weighted by Crippen LogP contribution is 2.37. The van der Waals surface area contributed by atoms with Gasteiger partial charge in [-0.3, -0.25) is 0 Å². The molecule has 0 saturated carbocycles. The van der Waals surface area contributed by atoms with Gasteiger partial charge < -0.3 is 5.32 Å². The second-order valence-electron chi connectivity index (χ2n) is 4.38. The van der Waals surface area contributed by atoms with Crippen LogP contribution in [0.15, 0.2) is 18.3 Å². The molecule has 114 valence electrons. The summed E-state index contributed by atoms with van der Waals surface area (Å²) in [7, 11) is 1.42. The number of benzene rings is 1. The monoisotopic (exact) mass is 322 g/mol. The number of nitrogens with zero attached hydrogens (tertiary/aromatic N) is 1. The van der Waals surface area contributed by atoms with Gasteiger partial charge in [0.1, 0.15) is 11.6 Å². The number of hydrogen-bond acceptors (Lipinski definition) is 3. The summed E-state index contributed by atoms with van der Waals surface area (Å²) in [6.45, 7) is 1.46. The largest absolute Gasteiger partial charge is 0.443 e. The Kier molecular flexibility index (Phi) is 4.29. The maximum absolute atomic E-state index is 14.1. The van der Waals surface area contributed by atoms with Gasteiger partial charge in [-0.05, 0) is 25.6 Å². The van der Waals surface area contributed by atoms with Gasteiger partial charge in [-0.2, -0.15) is 13.2 Å². The molecule has 1 unspecified atom stereocenters. The molecule has 1 aromatic carbocycles. The van der Waals surface area contributed by atoms with Crippen LogP contribution in [0.4, 0.5) is 22.0 Å². The Morgan fingerprint density at radius 3 is 2.43 bits per heavy atom. The van der Waals surface area contributed by atoms with E-state index >= 15 is 0 Å². The molecule has 0 radical (unpaired) electrons. The third-order valence-electron chi connectivity index (χ3n) is 2.95. The van der Waals surface area contributed by atoms with Crippen LogP contribution in [0.2, 0.25) is 0 Å². The van der Waals surface area contributed by atoms with Crippen LogP contribution < -0.4 is 5.32 Å². The summed E-state index contributed by atoms with van der Waals surface area (Å²) in [5, 5.41) is 1.58. The fraction of sp³-hybridized carbons (Fsp3) is 0.308. The van der Waals surface area contributed by atoms with Crippen molar-refractivity contribution in [3.8, 4) is 0 Å². The van der Waals surface area contributed by atoms with Crippen LogP contribution in [0, 0.1) is 18.6 Å². The summed E-state index contributed by atoms with van der Waals surface area (Å²) < 4.78 is 65.7. The van der Waals surface area contributed by atoms with Crippen molar-refractivity contribution in [3.05, 3.63) is 51.0 Å². The van der Waals surface area contributed by atoms with E-state index < -0.39 is 28.9 Å². The second kappa shape index (κ2) is 5.69. The third kappa shape index (κ3) is 3.06. The molecule has 0 aliphatic heterocycles. The molecule has 0 aliphatic carbocycles. The first kappa shape index (κ1) is 15.8. The third-order valence-corrected chi connectivity index (χ3v) is 4.05. The second-order valence-corrected chi connectivity index (χ2v) is 5.44. The van der Waals surface area contributed by atoms with Crippen LogP contribution >= 0.6 is 11.3 Å². The van der Waals surface area contributed by atoms with E-state index in [0.29, 0.717) is 11.3 Å². The van der Waals surface area contributed by atoms with E-state index in [1.807, 2.05) is 0 Å². The Balaban J connectivity index is 2.51. The van der Waals surface area contributed by atoms with Crippen LogP contribution in [0.25, 0.3) is 0 Å². The molecule has 0 saturated heterocycles. The molecule has 1 aromatic heterocycles. The van der Waals surface area contributed by atoms with Gasteiger partial charge in [0.25, 0.3) is 0 Å². The number of hydrogen-bond donors (Lipinski definition) is 1. The Hall–Kier alpha value is -1.54. The van der Waals surface area contributed by atoms with Gasteiger partial charge in [0.2, 0.25) is 0 Å². The average Bonchev–Trinajstić information content (AvgIpc) is 2.88. The lowest BCUT2D eigenvalue weighted by Gasteiger charge is -2.17. The molecule has 1 atom stereocenters. The van der Waals surface area contributed by atoms with Crippen molar-refractivity contribution in [2.24, 2.45) is 0 Å². The number of alkyl halides is 3. The van der Waals surface area contributed by atoms with Gasteiger partial charge in [-0.25, -0.2) is 13.8 Å². The number of halogens is 5. The summed E-state index contributed by atoms with van der Waals surface area (Å²) in [4.78, 5) is 3.36. The van der Waals surface area contributed by atoms with Gasteiger partial charge >= 0.3 is 6.18 Å². The number of aromatic nitrogens is 1. The molecule has 8 heteroatoms. The van der Waals surface area contributed by atoms with Gasteiger partial charge in [0, 0.05) is 16.6 Å². The van der Waals surface area contributed by atoms with E-state index in [0.717, 1.165) is 12.3 Å². The van der Waals surface area contributed by atoms with E-state index in [1.165, 1.54) is 20.0 Å². The molecular formula is C13H11F5N2S. The first-order valence-electron chi connectivity index (χ1n) is 5.90. The highest BCUT2D eigenvalue weighted by atomic mass is 32.1. The summed E-state index contributed by atoms with van der Waals surface area (Å²) in [5.74, 6) is -1.60. The summed E-state index contributed by atoms with van der Waals surface area (Å²) in [5.41, 5.74) is -0.0953. The summed E-state index contributed by atoms with van der Waals surface area (Å²) in [6, 6.07) is 1.33. The van der Waals surface area contributed by atoms with E-state index in [2.05, 4.69) is 10.3 Å². The SMILES string of the molecule is CNC(c1cnc(C(F)(F)F)s1)c1c(F)ccc(C)c1F. The summed E-state index contributed by atoms with van der Waals surface area (Å²) >= 11 is 0.359.